The molecule has 1 aromatic carbocycles. The van der Waals surface area contributed by atoms with E-state index in [1.165, 1.54) is 24.3 Å². The standard InChI is InChI=1S/C10H13ClN2O2S2/c1-2-9(10(12)16)13-17(14,15)8-5-3-7(11)4-6-8/h3-6,9,13H,2H2,1H3,(H2,12,16). The van der Waals surface area contributed by atoms with Gasteiger partial charge in [0.05, 0.1) is 15.9 Å². The third kappa shape index (κ3) is 3.92. The van der Waals surface area contributed by atoms with Crippen LogP contribution in [0.2, 0.25) is 5.02 Å². The van der Waals surface area contributed by atoms with E-state index in [0.29, 0.717) is 11.4 Å². The average molecular weight is 293 g/mol. The van der Waals surface area contributed by atoms with Crippen LogP contribution < -0.4 is 10.5 Å². The van der Waals surface area contributed by atoms with Gasteiger partial charge in [0.1, 0.15) is 0 Å². The van der Waals surface area contributed by atoms with Crippen LogP contribution in [0, 0.1) is 0 Å². The summed E-state index contributed by atoms with van der Waals surface area (Å²) in [6.07, 6.45) is 0.502. The lowest BCUT2D eigenvalue weighted by Gasteiger charge is -2.15. The summed E-state index contributed by atoms with van der Waals surface area (Å²) in [6, 6.07) is 5.34. The monoisotopic (exact) mass is 292 g/mol. The number of nitrogens with two attached hydrogens (primary N) is 1. The van der Waals surface area contributed by atoms with E-state index in [9.17, 15) is 8.42 Å². The molecular weight excluding hydrogens is 280 g/mol. The van der Waals surface area contributed by atoms with E-state index in [1.807, 2.05) is 0 Å². The molecule has 0 amide bonds. The van der Waals surface area contributed by atoms with Crippen LogP contribution in [0.1, 0.15) is 13.3 Å². The second-order valence-corrected chi connectivity index (χ2v) is 6.06. The molecule has 1 aromatic rings. The second-order valence-electron chi connectivity index (χ2n) is 3.44. The topological polar surface area (TPSA) is 72.2 Å². The summed E-state index contributed by atoms with van der Waals surface area (Å²) in [4.78, 5) is 0.265. The number of hydrogen-bond donors (Lipinski definition) is 2. The maximum atomic E-state index is 11.9. The molecule has 0 bridgehead atoms. The third-order valence-electron chi connectivity index (χ3n) is 2.17. The van der Waals surface area contributed by atoms with Gasteiger partial charge in [-0.25, -0.2) is 13.1 Å². The maximum absolute atomic E-state index is 11.9. The van der Waals surface area contributed by atoms with Gasteiger partial charge < -0.3 is 5.73 Å². The summed E-state index contributed by atoms with van der Waals surface area (Å²) >= 11 is 10.5. The van der Waals surface area contributed by atoms with Crippen molar-refractivity contribution in [3.63, 3.8) is 0 Å². The van der Waals surface area contributed by atoms with Gasteiger partial charge in [0, 0.05) is 5.02 Å². The van der Waals surface area contributed by atoms with Crippen LogP contribution in [0.3, 0.4) is 0 Å². The van der Waals surface area contributed by atoms with E-state index in [4.69, 9.17) is 29.6 Å². The van der Waals surface area contributed by atoms with E-state index in [0.717, 1.165) is 0 Å². The number of sulfonamides is 1. The predicted octanol–water partition coefficient (Wildman–Crippen LogP) is 1.68. The van der Waals surface area contributed by atoms with Crippen LogP contribution in [-0.4, -0.2) is 19.4 Å². The molecule has 0 spiro atoms. The minimum Gasteiger partial charge on any atom is -0.392 e. The van der Waals surface area contributed by atoms with E-state index >= 15 is 0 Å². The van der Waals surface area contributed by atoms with Crippen molar-refractivity contribution in [2.75, 3.05) is 0 Å². The summed E-state index contributed by atoms with van der Waals surface area (Å²) in [5.41, 5.74) is 5.44. The van der Waals surface area contributed by atoms with Gasteiger partial charge in [-0.15, -0.1) is 0 Å². The molecule has 0 aliphatic heterocycles. The number of nitrogens with one attached hydrogen (secondary N) is 1. The number of hydrogen-bond acceptors (Lipinski definition) is 3. The minimum atomic E-state index is -3.61. The third-order valence-corrected chi connectivity index (χ3v) is 4.20. The molecule has 0 radical (unpaired) electrons. The normalized spacial score (nSPS) is 13.3. The Morgan fingerprint density at radius 1 is 1.47 bits per heavy atom. The molecule has 1 atom stereocenters. The molecule has 7 heteroatoms. The molecule has 0 saturated carbocycles. The highest BCUT2D eigenvalue weighted by atomic mass is 35.5. The summed E-state index contributed by atoms with van der Waals surface area (Å²) in [7, 11) is -3.61. The number of benzene rings is 1. The van der Waals surface area contributed by atoms with Crippen molar-refractivity contribution in [1.82, 2.24) is 4.72 Å². The van der Waals surface area contributed by atoms with Crippen LogP contribution >= 0.6 is 23.8 Å². The summed E-state index contributed by atoms with van der Waals surface area (Å²) in [5.74, 6) is 0. The van der Waals surface area contributed by atoms with Crippen molar-refractivity contribution >= 4 is 38.8 Å². The van der Waals surface area contributed by atoms with Crippen LogP contribution in [0.15, 0.2) is 29.2 Å². The number of thiocarbonyl (C=S) groups is 1. The molecular formula is C10H13ClN2O2S2. The maximum Gasteiger partial charge on any atom is 0.241 e. The second kappa shape index (κ2) is 5.77. The highest BCUT2D eigenvalue weighted by molar-refractivity contribution is 7.89. The van der Waals surface area contributed by atoms with Gasteiger partial charge in [-0.2, -0.15) is 0 Å². The van der Waals surface area contributed by atoms with Crippen LogP contribution in [0.25, 0.3) is 0 Å². The molecule has 94 valence electrons. The van der Waals surface area contributed by atoms with Crippen molar-refractivity contribution in [3.05, 3.63) is 29.3 Å². The fraction of sp³-hybridized carbons (Fsp3) is 0.300. The van der Waals surface area contributed by atoms with E-state index in [2.05, 4.69) is 4.72 Å². The van der Waals surface area contributed by atoms with E-state index in [1.54, 1.807) is 6.92 Å². The Bertz CT molecular complexity index is 500. The molecule has 0 saturated heterocycles. The molecule has 1 rings (SSSR count). The molecule has 1 unspecified atom stereocenters. The zero-order valence-corrected chi connectivity index (χ0v) is 11.6. The lowest BCUT2D eigenvalue weighted by atomic mass is 10.2. The van der Waals surface area contributed by atoms with Gasteiger partial charge >= 0.3 is 0 Å². The number of halogens is 1. The van der Waals surface area contributed by atoms with E-state index < -0.39 is 16.1 Å². The van der Waals surface area contributed by atoms with Crippen molar-refractivity contribution in [2.24, 2.45) is 5.73 Å². The molecule has 0 aromatic heterocycles. The largest absolute Gasteiger partial charge is 0.392 e. The van der Waals surface area contributed by atoms with E-state index in [-0.39, 0.29) is 9.88 Å². The van der Waals surface area contributed by atoms with Crippen molar-refractivity contribution in [2.45, 2.75) is 24.3 Å². The average Bonchev–Trinajstić information content (AvgIpc) is 2.26. The van der Waals surface area contributed by atoms with Crippen LogP contribution in [0.4, 0.5) is 0 Å². The smallest absolute Gasteiger partial charge is 0.241 e. The first-order valence-corrected chi connectivity index (χ1v) is 7.21. The van der Waals surface area contributed by atoms with Gasteiger partial charge in [-0.05, 0) is 30.7 Å². The highest BCUT2D eigenvalue weighted by Gasteiger charge is 2.20. The molecule has 0 aliphatic carbocycles. The lowest BCUT2D eigenvalue weighted by molar-refractivity contribution is 0.572. The zero-order chi connectivity index (χ0) is 13.1. The zero-order valence-electron chi connectivity index (χ0n) is 9.18. The van der Waals surface area contributed by atoms with Gasteiger partial charge in [0.2, 0.25) is 10.0 Å². The summed E-state index contributed by atoms with van der Waals surface area (Å²) < 4.78 is 26.3. The first kappa shape index (κ1) is 14.4. The fourth-order valence-corrected chi connectivity index (χ4v) is 2.94. The Labute approximate surface area is 111 Å². The number of rotatable bonds is 5. The minimum absolute atomic E-state index is 0.130. The fourth-order valence-electron chi connectivity index (χ4n) is 1.21. The predicted molar refractivity (Wildman–Crippen MR) is 72.6 cm³/mol. The molecule has 3 N–H and O–H groups in total. The SMILES string of the molecule is CCC(NS(=O)(=O)c1ccc(Cl)cc1)C(N)=S. The molecule has 4 nitrogen and oxygen atoms in total. The first-order valence-electron chi connectivity index (χ1n) is 4.94. The van der Waals surface area contributed by atoms with Crippen molar-refractivity contribution in [1.29, 1.82) is 0 Å². The van der Waals surface area contributed by atoms with Crippen molar-refractivity contribution in [3.8, 4) is 0 Å². The Morgan fingerprint density at radius 2 is 2.00 bits per heavy atom. The lowest BCUT2D eigenvalue weighted by Crippen LogP contribution is -2.42. The Kier molecular flexibility index (Phi) is 4.88. The van der Waals surface area contributed by atoms with Crippen LogP contribution in [-0.2, 0) is 10.0 Å². The van der Waals surface area contributed by atoms with Crippen LogP contribution in [0.5, 0.6) is 0 Å². The molecule has 0 fully saturated rings. The Morgan fingerprint density at radius 3 is 2.41 bits per heavy atom. The molecule has 0 heterocycles. The van der Waals surface area contributed by atoms with Gasteiger partial charge in [0.25, 0.3) is 0 Å². The Hall–Kier alpha value is -0.690. The van der Waals surface area contributed by atoms with Gasteiger partial charge in [-0.1, -0.05) is 30.7 Å². The van der Waals surface area contributed by atoms with Gasteiger partial charge in [0.15, 0.2) is 0 Å². The van der Waals surface area contributed by atoms with Crippen molar-refractivity contribution < 1.29 is 8.42 Å². The van der Waals surface area contributed by atoms with Gasteiger partial charge in [-0.3, -0.25) is 0 Å². The summed E-state index contributed by atoms with van der Waals surface area (Å²) in [6.45, 7) is 1.80. The highest BCUT2D eigenvalue weighted by Crippen LogP contribution is 2.14. The quantitative estimate of drug-likeness (QED) is 0.810. The molecule has 17 heavy (non-hydrogen) atoms. The first-order chi connectivity index (χ1) is 7.86. The summed E-state index contributed by atoms with van der Waals surface area (Å²) in [5, 5.41) is 0.477. The molecule has 0 aliphatic rings. The Balaban J connectivity index is 2.96.